The molecule has 0 unspecified atom stereocenters. The fourth-order valence-electron chi connectivity index (χ4n) is 2.88. The van der Waals surface area contributed by atoms with Crippen LogP contribution < -0.4 is 10.6 Å². The van der Waals surface area contributed by atoms with E-state index in [0.29, 0.717) is 6.54 Å². The second-order valence-corrected chi connectivity index (χ2v) is 5.98. The molecule has 0 aromatic heterocycles. The van der Waals surface area contributed by atoms with E-state index in [2.05, 4.69) is 28.0 Å². The molecule has 0 radical (unpaired) electrons. The number of hydrogen-bond acceptors (Lipinski definition) is 3. The van der Waals surface area contributed by atoms with Crippen molar-refractivity contribution in [2.75, 3.05) is 37.6 Å². The molecule has 19 heavy (non-hydrogen) atoms. The summed E-state index contributed by atoms with van der Waals surface area (Å²) in [4.78, 5) is 5.07. The molecule has 1 saturated heterocycles. The van der Waals surface area contributed by atoms with Crippen molar-refractivity contribution < 1.29 is 0 Å². The van der Waals surface area contributed by atoms with Crippen molar-refractivity contribution >= 4 is 17.3 Å². The predicted molar refractivity (Wildman–Crippen MR) is 81.0 cm³/mol. The molecule has 0 atom stereocenters. The molecule has 0 bridgehead atoms. The van der Waals surface area contributed by atoms with E-state index in [4.69, 9.17) is 17.3 Å². The molecule has 1 saturated carbocycles. The third-order valence-corrected chi connectivity index (χ3v) is 4.54. The van der Waals surface area contributed by atoms with Crippen molar-refractivity contribution in [3.05, 3.63) is 28.8 Å². The van der Waals surface area contributed by atoms with Gasteiger partial charge in [-0.2, -0.15) is 0 Å². The van der Waals surface area contributed by atoms with Gasteiger partial charge in [-0.1, -0.05) is 17.7 Å². The number of hydrogen-bond donors (Lipinski definition) is 1. The smallest absolute Gasteiger partial charge is 0.0459 e. The molecule has 1 aliphatic heterocycles. The van der Waals surface area contributed by atoms with E-state index in [-0.39, 0.29) is 0 Å². The van der Waals surface area contributed by atoms with Crippen LogP contribution in [0.3, 0.4) is 0 Å². The van der Waals surface area contributed by atoms with Crippen molar-refractivity contribution in [3.8, 4) is 0 Å². The number of nitrogens with two attached hydrogens (primary N) is 1. The summed E-state index contributed by atoms with van der Waals surface area (Å²) < 4.78 is 0. The highest BCUT2D eigenvalue weighted by Gasteiger charge is 2.31. The maximum atomic E-state index is 6.32. The first kappa shape index (κ1) is 13.2. The van der Waals surface area contributed by atoms with Crippen LogP contribution in [0.5, 0.6) is 0 Å². The Morgan fingerprint density at radius 3 is 2.47 bits per heavy atom. The Kier molecular flexibility index (Phi) is 3.96. The zero-order valence-electron chi connectivity index (χ0n) is 11.3. The van der Waals surface area contributed by atoms with E-state index >= 15 is 0 Å². The van der Waals surface area contributed by atoms with Crippen LogP contribution >= 0.6 is 11.6 Å². The van der Waals surface area contributed by atoms with Crippen LogP contribution in [0.15, 0.2) is 18.2 Å². The third-order valence-electron chi connectivity index (χ3n) is 4.19. The number of halogens is 1. The fraction of sp³-hybridized carbons (Fsp3) is 0.600. The molecule has 1 heterocycles. The number of benzene rings is 1. The number of rotatable bonds is 4. The summed E-state index contributed by atoms with van der Waals surface area (Å²) in [5.41, 5.74) is 7.99. The number of anilines is 1. The van der Waals surface area contributed by atoms with Gasteiger partial charge in [0.25, 0.3) is 0 Å². The van der Waals surface area contributed by atoms with Gasteiger partial charge >= 0.3 is 0 Å². The molecule has 4 heteroatoms. The zero-order valence-corrected chi connectivity index (χ0v) is 12.1. The fourth-order valence-corrected chi connectivity index (χ4v) is 3.15. The Balaban J connectivity index is 1.64. The minimum atomic E-state index is 0.652. The Morgan fingerprint density at radius 1 is 1.16 bits per heavy atom. The van der Waals surface area contributed by atoms with E-state index in [0.717, 1.165) is 36.1 Å². The van der Waals surface area contributed by atoms with Crippen LogP contribution in [0.1, 0.15) is 18.4 Å². The van der Waals surface area contributed by atoms with Crippen molar-refractivity contribution in [1.29, 1.82) is 0 Å². The highest BCUT2D eigenvalue weighted by molar-refractivity contribution is 6.31. The average molecular weight is 280 g/mol. The first-order chi connectivity index (χ1) is 9.28. The van der Waals surface area contributed by atoms with E-state index in [9.17, 15) is 0 Å². The van der Waals surface area contributed by atoms with Crippen LogP contribution in [0.4, 0.5) is 5.69 Å². The molecule has 2 aliphatic rings. The van der Waals surface area contributed by atoms with E-state index in [1.165, 1.54) is 31.6 Å². The molecule has 1 aromatic carbocycles. The van der Waals surface area contributed by atoms with Gasteiger partial charge in [-0.05, 0) is 43.5 Å². The summed E-state index contributed by atoms with van der Waals surface area (Å²) in [6, 6.07) is 7.29. The van der Waals surface area contributed by atoms with Crippen molar-refractivity contribution in [3.63, 3.8) is 0 Å². The van der Waals surface area contributed by atoms with Crippen molar-refractivity contribution in [2.24, 2.45) is 5.73 Å². The molecule has 1 aliphatic carbocycles. The Hall–Kier alpha value is -0.770. The lowest BCUT2D eigenvalue weighted by atomic mass is 10.1. The van der Waals surface area contributed by atoms with Gasteiger partial charge in [0.2, 0.25) is 0 Å². The molecular formula is C15H22ClN3. The van der Waals surface area contributed by atoms with Gasteiger partial charge in [0, 0.05) is 42.9 Å². The molecule has 2 N–H and O–H groups in total. The van der Waals surface area contributed by atoms with Crippen LogP contribution in [-0.2, 0) is 6.42 Å². The van der Waals surface area contributed by atoms with Crippen LogP contribution in [0.25, 0.3) is 0 Å². The Bertz CT molecular complexity index is 437. The summed E-state index contributed by atoms with van der Waals surface area (Å²) in [6.45, 7) is 5.25. The maximum absolute atomic E-state index is 6.32. The standard InChI is InChI=1S/C15H22ClN3/c16-15-11-14(2-1-12(15)5-6-17)19-9-7-18(8-10-19)13-3-4-13/h1-2,11,13H,3-10,17H2. The molecular weight excluding hydrogens is 258 g/mol. The van der Waals surface area contributed by atoms with Crippen LogP contribution in [0.2, 0.25) is 5.02 Å². The van der Waals surface area contributed by atoms with E-state index < -0.39 is 0 Å². The lowest BCUT2D eigenvalue weighted by molar-refractivity contribution is 0.248. The number of nitrogens with zero attached hydrogens (tertiary/aromatic N) is 2. The van der Waals surface area contributed by atoms with Gasteiger partial charge in [0.05, 0.1) is 0 Å². The van der Waals surface area contributed by atoms with Gasteiger partial charge in [0.15, 0.2) is 0 Å². The molecule has 2 fully saturated rings. The summed E-state index contributed by atoms with van der Waals surface area (Å²) in [5.74, 6) is 0. The van der Waals surface area contributed by atoms with E-state index in [1.807, 2.05) is 0 Å². The van der Waals surface area contributed by atoms with Crippen LogP contribution in [0, 0.1) is 0 Å². The largest absolute Gasteiger partial charge is 0.369 e. The molecule has 3 nitrogen and oxygen atoms in total. The lowest BCUT2D eigenvalue weighted by Gasteiger charge is -2.36. The first-order valence-corrected chi connectivity index (χ1v) is 7.63. The van der Waals surface area contributed by atoms with Gasteiger partial charge in [-0.3, -0.25) is 4.90 Å². The molecule has 3 rings (SSSR count). The summed E-state index contributed by atoms with van der Waals surface area (Å²) in [7, 11) is 0. The SMILES string of the molecule is NCCc1ccc(N2CCN(C3CC3)CC2)cc1Cl. The summed E-state index contributed by atoms with van der Waals surface area (Å²) >= 11 is 6.32. The van der Waals surface area contributed by atoms with E-state index in [1.54, 1.807) is 0 Å². The van der Waals surface area contributed by atoms with Crippen molar-refractivity contribution in [1.82, 2.24) is 4.90 Å². The Morgan fingerprint density at radius 2 is 1.89 bits per heavy atom. The summed E-state index contributed by atoms with van der Waals surface area (Å²) in [6.07, 6.45) is 3.66. The second kappa shape index (κ2) is 5.70. The monoisotopic (exact) mass is 279 g/mol. The first-order valence-electron chi connectivity index (χ1n) is 7.25. The topological polar surface area (TPSA) is 32.5 Å². The predicted octanol–water partition coefficient (Wildman–Crippen LogP) is 2.13. The van der Waals surface area contributed by atoms with Crippen LogP contribution in [-0.4, -0.2) is 43.7 Å². The van der Waals surface area contributed by atoms with Crippen molar-refractivity contribution in [2.45, 2.75) is 25.3 Å². The minimum Gasteiger partial charge on any atom is -0.369 e. The normalized spacial score (nSPS) is 20.8. The van der Waals surface area contributed by atoms with Gasteiger partial charge in [-0.25, -0.2) is 0 Å². The second-order valence-electron chi connectivity index (χ2n) is 5.57. The van der Waals surface area contributed by atoms with Gasteiger partial charge < -0.3 is 10.6 Å². The highest BCUT2D eigenvalue weighted by Crippen LogP contribution is 2.29. The molecule has 0 amide bonds. The lowest BCUT2D eigenvalue weighted by Crippen LogP contribution is -2.47. The average Bonchev–Trinajstić information content (AvgIpc) is 3.26. The third kappa shape index (κ3) is 3.04. The molecule has 104 valence electrons. The minimum absolute atomic E-state index is 0.652. The maximum Gasteiger partial charge on any atom is 0.0459 e. The molecule has 1 aromatic rings. The number of piperazine rings is 1. The van der Waals surface area contributed by atoms with Gasteiger partial charge in [0.1, 0.15) is 0 Å². The zero-order chi connectivity index (χ0) is 13.2. The summed E-state index contributed by atoms with van der Waals surface area (Å²) in [5, 5.41) is 0.854. The highest BCUT2D eigenvalue weighted by atomic mass is 35.5. The van der Waals surface area contributed by atoms with Gasteiger partial charge in [-0.15, -0.1) is 0 Å². The molecule has 0 spiro atoms. The quantitative estimate of drug-likeness (QED) is 0.916. The Labute approximate surface area is 120 Å².